The second kappa shape index (κ2) is 11.9. The van der Waals surface area contributed by atoms with Gasteiger partial charge in [0.2, 0.25) is 0 Å². The van der Waals surface area contributed by atoms with Crippen LogP contribution in [0.4, 0.5) is 17.1 Å². The molecular formula is C39H47N3Si2. The van der Waals surface area contributed by atoms with Crippen LogP contribution < -0.4 is 15.3 Å². The molecule has 5 heteroatoms. The molecule has 0 atom stereocenters. The van der Waals surface area contributed by atoms with Gasteiger partial charge in [0.05, 0.1) is 33.2 Å². The lowest BCUT2D eigenvalue weighted by atomic mass is 9.99. The molecule has 0 spiro atoms. The number of aromatic nitrogens is 2. The van der Waals surface area contributed by atoms with E-state index in [1.54, 1.807) is 0 Å². The molecule has 2 aromatic heterocycles. The van der Waals surface area contributed by atoms with Crippen LogP contribution >= 0.6 is 0 Å². The molecule has 5 rings (SSSR count). The summed E-state index contributed by atoms with van der Waals surface area (Å²) in [7, 11) is -2.86. The Hall–Kier alpha value is -3.81. The van der Waals surface area contributed by atoms with Gasteiger partial charge in [0.1, 0.15) is 0 Å². The molecule has 0 aliphatic carbocycles. The predicted molar refractivity (Wildman–Crippen MR) is 197 cm³/mol. The Kier molecular flexibility index (Phi) is 8.58. The van der Waals surface area contributed by atoms with E-state index in [9.17, 15) is 0 Å². The lowest BCUT2D eigenvalue weighted by molar-refractivity contribution is 1.19. The second-order valence-electron chi connectivity index (χ2n) is 14.6. The van der Waals surface area contributed by atoms with Crippen molar-refractivity contribution in [2.45, 2.75) is 73.9 Å². The Labute approximate surface area is 267 Å². The molecule has 3 nitrogen and oxygen atoms in total. The van der Waals surface area contributed by atoms with Crippen LogP contribution in [0.3, 0.4) is 0 Å². The second-order valence-corrected chi connectivity index (χ2v) is 24.7. The summed E-state index contributed by atoms with van der Waals surface area (Å²) >= 11 is 0. The summed E-state index contributed by atoms with van der Waals surface area (Å²) in [4.78, 5) is 12.3. The molecule has 2 heterocycles. The van der Waals surface area contributed by atoms with E-state index in [0.717, 1.165) is 33.9 Å². The van der Waals surface area contributed by atoms with Gasteiger partial charge in [-0.1, -0.05) is 69.1 Å². The van der Waals surface area contributed by atoms with Gasteiger partial charge >= 0.3 is 0 Å². The number of hydrogen-bond acceptors (Lipinski definition) is 3. The third-order valence-electron chi connectivity index (χ3n) is 8.35. The van der Waals surface area contributed by atoms with E-state index in [4.69, 9.17) is 9.97 Å². The highest BCUT2D eigenvalue weighted by Crippen LogP contribution is 2.42. The lowest BCUT2D eigenvalue weighted by Gasteiger charge is -2.30. The first kappa shape index (κ1) is 31.6. The van der Waals surface area contributed by atoms with Gasteiger partial charge in [-0.25, -0.2) is 0 Å². The number of benzene rings is 3. The molecule has 44 heavy (non-hydrogen) atoms. The van der Waals surface area contributed by atoms with Gasteiger partial charge in [0.25, 0.3) is 0 Å². The number of pyridine rings is 2. The molecule has 0 radical (unpaired) electrons. The Morgan fingerprint density at radius 3 is 1.20 bits per heavy atom. The number of rotatable bonds is 7. The van der Waals surface area contributed by atoms with Crippen LogP contribution in [-0.4, -0.2) is 26.1 Å². The van der Waals surface area contributed by atoms with Crippen molar-refractivity contribution < 1.29 is 0 Å². The zero-order valence-corrected chi connectivity index (χ0v) is 30.4. The van der Waals surface area contributed by atoms with Gasteiger partial charge in [-0.05, 0) is 116 Å². The van der Waals surface area contributed by atoms with Crippen molar-refractivity contribution in [3.8, 4) is 22.5 Å². The molecule has 0 amide bonds. The zero-order chi connectivity index (χ0) is 32.0. The Bertz CT molecular complexity index is 1680. The first-order valence-corrected chi connectivity index (χ1v) is 22.7. The molecule has 5 aromatic rings. The van der Waals surface area contributed by atoms with Crippen molar-refractivity contribution in [3.05, 3.63) is 113 Å². The summed E-state index contributed by atoms with van der Waals surface area (Å²) in [6, 6.07) is 27.2. The Morgan fingerprint density at radius 2 is 0.864 bits per heavy atom. The fourth-order valence-corrected chi connectivity index (χ4v) is 8.10. The summed E-state index contributed by atoms with van der Waals surface area (Å²) in [6.07, 6.45) is 4.17. The number of anilines is 3. The molecule has 0 N–H and O–H groups in total. The van der Waals surface area contributed by atoms with Crippen molar-refractivity contribution in [2.75, 3.05) is 4.90 Å². The van der Waals surface area contributed by atoms with Crippen molar-refractivity contribution >= 4 is 43.6 Å². The van der Waals surface area contributed by atoms with E-state index in [1.807, 2.05) is 0 Å². The molecule has 0 saturated carbocycles. The van der Waals surface area contributed by atoms with Crippen LogP contribution in [0.1, 0.15) is 27.8 Å². The largest absolute Gasteiger partial charge is 0.310 e. The van der Waals surface area contributed by atoms with E-state index in [-0.39, 0.29) is 0 Å². The maximum atomic E-state index is 4.95. The van der Waals surface area contributed by atoms with Gasteiger partial charge in [-0.15, -0.1) is 0 Å². The smallest absolute Gasteiger partial charge is 0.0796 e. The molecular weight excluding hydrogens is 567 g/mol. The fourth-order valence-electron chi connectivity index (χ4n) is 6.03. The zero-order valence-electron chi connectivity index (χ0n) is 28.4. The van der Waals surface area contributed by atoms with Crippen molar-refractivity contribution in [2.24, 2.45) is 0 Å². The molecule has 0 unspecified atom stereocenters. The lowest BCUT2D eigenvalue weighted by Crippen LogP contribution is -2.37. The maximum Gasteiger partial charge on any atom is 0.0796 e. The molecule has 0 fully saturated rings. The molecule has 226 valence electrons. The summed E-state index contributed by atoms with van der Waals surface area (Å²) in [5.41, 5.74) is 13.9. The maximum absolute atomic E-state index is 4.95. The van der Waals surface area contributed by atoms with Crippen molar-refractivity contribution in [1.29, 1.82) is 0 Å². The van der Waals surface area contributed by atoms with Crippen molar-refractivity contribution in [3.63, 3.8) is 0 Å². The summed E-state index contributed by atoms with van der Waals surface area (Å²) in [6.45, 7) is 25.2. The highest BCUT2D eigenvalue weighted by Gasteiger charge is 2.22. The van der Waals surface area contributed by atoms with Gasteiger partial charge in [-0.3, -0.25) is 9.97 Å². The topological polar surface area (TPSA) is 29.0 Å². The monoisotopic (exact) mass is 613 g/mol. The SMILES string of the molecule is Cc1cc(-c2ccc([Si](C)(C)C)cn2)cc(N(c2cc(C)cc(-c3ccc([Si](C)(C)C)cn3)c2)c2c(C)cc(C)cc2C)c1. The Balaban J connectivity index is 1.70. The van der Waals surface area contributed by atoms with E-state index < -0.39 is 16.1 Å². The predicted octanol–water partition coefficient (Wildman–Crippen LogP) is 9.91. The van der Waals surface area contributed by atoms with Crippen molar-refractivity contribution in [1.82, 2.24) is 9.97 Å². The van der Waals surface area contributed by atoms with Gasteiger partial charge in [0.15, 0.2) is 0 Å². The quantitative estimate of drug-likeness (QED) is 0.171. The van der Waals surface area contributed by atoms with Crippen LogP contribution in [0.15, 0.2) is 85.2 Å². The van der Waals surface area contributed by atoms with E-state index in [0.29, 0.717) is 0 Å². The summed E-state index contributed by atoms with van der Waals surface area (Å²) in [5, 5.41) is 2.75. The molecule has 0 aliphatic rings. The molecule has 0 saturated heterocycles. The van der Waals surface area contributed by atoms with Gasteiger partial charge < -0.3 is 4.90 Å². The fraction of sp³-hybridized carbons (Fsp3) is 0.282. The highest BCUT2D eigenvalue weighted by atomic mass is 28.3. The standard InChI is InChI=1S/C39H47N3Si2/c1-26-16-29(4)39(30(5)17-26)42(33-20-27(2)18-31(22-33)37-14-12-35(24-40-37)43(6,7)8)34-21-28(3)19-32(23-34)38-15-13-36(25-41-38)44(9,10)11/h12-25H,1-11H3. The number of aryl methyl sites for hydroxylation is 5. The highest BCUT2D eigenvalue weighted by molar-refractivity contribution is 6.89. The summed E-state index contributed by atoms with van der Waals surface area (Å²) in [5.74, 6) is 0. The Morgan fingerprint density at radius 1 is 0.477 bits per heavy atom. The minimum Gasteiger partial charge on any atom is -0.310 e. The van der Waals surface area contributed by atoms with E-state index >= 15 is 0 Å². The van der Waals surface area contributed by atoms with Gasteiger partial charge in [0, 0.05) is 34.9 Å². The van der Waals surface area contributed by atoms with Crippen LogP contribution in [0.25, 0.3) is 22.5 Å². The van der Waals surface area contributed by atoms with E-state index in [1.165, 1.54) is 43.9 Å². The normalized spacial score (nSPS) is 12.0. The third kappa shape index (κ3) is 6.79. The first-order valence-electron chi connectivity index (χ1n) is 15.7. The minimum atomic E-state index is -1.43. The first-order chi connectivity index (χ1) is 20.6. The average molecular weight is 614 g/mol. The molecule has 3 aromatic carbocycles. The average Bonchev–Trinajstić information content (AvgIpc) is 2.93. The summed E-state index contributed by atoms with van der Waals surface area (Å²) < 4.78 is 0. The van der Waals surface area contributed by atoms with Gasteiger partial charge in [-0.2, -0.15) is 0 Å². The number of hydrogen-bond donors (Lipinski definition) is 0. The molecule has 0 bridgehead atoms. The van der Waals surface area contributed by atoms with E-state index in [2.05, 4.69) is 164 Å². The van der Waals surface area contributed by atoms with Crippen LogP contribution in [0, 0.1) is 34.6 Å². The van der Waals surface area contributed by atoms with Crippen LogP contribution in [-0.2, 0) is 0 Å². The van der Waals surface area contributed by atoms with Crippen LogP contribution in [0.2, 0.25) is 39.3 Å². The minimum absolute atomic E-state index is 1.01. The third-order valence-corrected chi connectivity index (χ3v) is 12.4. The molecule has 0 aliphatic heterocycles. The van der Waals surface area contributed by atoms with Crippen LogP contribution in [0.5, 0.6) is 0 Å². The number of nitrogens with zero attached hydrogens (tertiary/aromatic N) is 3.